The van der Waals surface area contributed by atoms with Crippen molar-refractivity contribution in [3.8, 4) is 11.5 Å². The second kappa shape index (κ2) is 12.7. The fraction of sp³-hybridized carbons (Fsp3) is 0.650. The highest BCUT2D eigenvalue weighted by atomic mass is 16.5. The van der Waals surface area contributed by atoms with Crippen LogP contribution in [0.1, 0.15) is 81.5 Å². The Morgan fingerprint density at radius 2 is 1.54 bits per heavy atom. The van der Waals surface area contributed by atoms with Crippen LogP contribution in [0.25, 0.3) is 0 Å². The Bertz CT molecular complexity index is 471. The van der Waals surface area contributed by atoms with E-state index in [2.05, 4.69) is 6.92 Å². The number of carbonyl (C=O) groups is 1. The van der Waals surface area contributed by atoms with Gasteiger partial charge in [-0.3, -0.25) is 0 Å². The van der Waals surface area contributed by atoms with Crippen molar-refractivity contribution < 1.29 is 19.4 Å². The van der Waals surface area contributed by atoms with Gasteiger partial charge >= 0.3 is 5.97 Å². The van der Waals surface area contributed by atoms with Gasteiger partial charge < -0.3 is 14.6 Å². The molecule has 0 heterocycles. The number of rotatable bonds is 13. The topological polar surface area (TPSA) is 55.8 Å². The van der Waals surface area contributed by atoms with Crippen molar-refractivity contribution in [2.75, 3.05) is 13.7 Å². The van der Waals surface area contributed by atoms with Gasteiger partial charge in [-0.2, -0.15) is 0 Å². The first-order chi connectivity index (χ1) is 11.7. The van der Waals surface area contributed by atoms with Crippen LogP contribution >= 0.6 is 0 Å². The molecule has 1 N–H and O–H groups in total. The molecule has 24 heavy (non-hydrogen) atoms. The molecular weight excluding hydrogens is 304 g/mol. The summed E-state index contributed by atoms with van der Waals surface area (Å²) in [4.78, 5) is 11.9. The summed E-state index contributed by atoms with van der Waals surface area (Å²) >= 11 is 0. The summed E-state index contributed by atoms with van der Waals surface area (Å²) in [5.41, 5.74) is 0.348. The average molecular weight is 336 g/mol. The second-order valence-corrected chi connectivity index (χ2v) is 6.20. The number of carbonyl (C=O) groups excluding carboxylic acids is 1. The molecule has 1 aromatic rings. The molecule has 0 aliphatic rings. The molecule has 1 rings (SSSR count). The molecule has 0 aromatic heterocycles. The van der Waals surface area contributed by atoms with Crippen LogP contribution < -0.4 is 4.74 Å². The van der Waals surface area contributed by atoms with E-state index in [1.807, 2.05) is 0 Å². The number of unbranched alkanes of at least 4 members (excludes halogenated alkanes) is 9. The van der Waals surface area contributed by atoms with E-state index < -0.39 is 5.97 Å². The lowest BCUT2D eigenvalue weighted by molar-refractivity contribution is 0.0497. The summed E-state index contributed by atoms with van der Waals surface area (Å²) < 4.78 is 10.2. The van der Waals surface area contributed by atoms with Crippen LogP contribution in [-0.2, 0) is 4.74 Å². The predicted octanol–water partition coefficient (Wildman–Crippen LogP) is 5.48. The Labute approximate surface area is 146 Å². The Kier molecular flexibility index (Phi) is 10.7. The zero-order valence-corrected chi connectivity index (χ0v) is 15.2. The van der Waals surface area contributed by atoms with E-state index in [-0.39, 0.29) is 5.75 Å². The van der Waals surface area contributed by atoms with E-state index in [9.17, 15) is 9.90 Å². The zero-order valence-electron chi connectivity index (χ0n) is 15.2. The van der Waals surface area contributed by atoms with Crippen molar-refractivity contribution in [1.82, 2.24) is 0 Å². The number of methoxy groups -OCH3 is 1. The number of benzene rings is 1. The Morgan fingerprint density at radius 1 is 0.958 bits per heavy atom. The fourth-order valence-corrected chi connectivity index (χ4v) is 2.65. The van der Waals surface area contributed by atoms with E-state index in [1.165, 1.54) is 64.5 Å². The molecule has 4 nitrogen and oxygen atoms in total. The van der Waals surface area contributed by atoms with Crippen molar-refractivity contribution in [2.45, 2.75) is 71.1 Å². The summed E-state index contributed by atoms with van der Waals surface area (Å²) in [6.07, 6.45) is 12.5. The molecule has 1 aromatic carbocycles. The van der Waals surface area contributed by atoms with Crippen LogP contribution in [0.4, 0.5) is 0 Å². The molecule has 4 heteroatoms. The minimum absolute atomic E-state index is 0.0501. The maximum Gasteiger partial charge on any atom is 0.338 e. The third-order valence-electron chi connectivity index (χ3n) is 4.15. The molecule has 0 aliphatic heterocycles. The van der Waals surface area contributed by atoms with Crippen molar-refractivity contribution in [3.63, 3.8) is 0 Å². The van der Waals surface area contributed by atoms with Crippen LogP contribution in [0.2, 0.25) is 0 Å². The van der Waals surface area contributed by atoms with Crippen molar-refractivity contribution in [2.24, 2.45) is 0 Å². The Balaban J connectivity index is 2.05. The Morgan fingerprint density at radius 3 is 2.08 bits per heavy atom. The molecule has 0 atom stereocenters. The minimum Gasteiger partial charge on any atom is -0.504 e. The third kappa shape index (κ3) is 8.23. The van der Waals surface area contributed by atoms with Gasteiger partial charge in [0.25, 0.3) is 0 Å². The molecule has 136 valence electrons. The minimum atomic E-state index is -0.399. The van der Waals surface area contributed by atoms with E-state index >= 15 is 0 Å². The molecular formula is C20H32O4. The lowest BCUT2D eigenvalue weighted by Crippen LogP contribution is -2.06. The van der Waals surface area contributed by atoms with Crippen LogP contribution in [0.3, 0.4) is 0 Å². The summed E-state index contributed by atoms with van der Waals surface area (Å²) in [6.45, 7) is 2.67. The second-order valence-electron chi connectivity index (χ2n) is 6.20. The maximum absolute atomic E-state index is 11.9. The van der Waals surface area contributed by atoms with E-state index in [0.29, 0.717) is 17.9 Å². The smallest absolute Gasteiger partial charge is 0.338 e. The van der Waals surface area contributed by atoms with Crippen LogP contribution in [0.15, 0.2) is 18.2 Å². The highest BCUT2D eigenvalue weighted by molar-refractivity contribution is 5.90. The summed E-state index contributed by atoms with van der Waals surface area (Å²) in [6, 6.07) is 4.53. The Hall–Kier alpha value is -1.71. The molecule has 0 saturated heterocycles. The summed E-state index contributed by atoms with van der Waals surface area (Å²) in [7, 11) is 1.47. The van der Waals surface area contributed by atoms with Gasteiger partial charge in [0.15, 0.2) is 11.5 Å². The van der Waals surface area contributed by atoms with Gasteiger partial charge in [0.1, 0.15) is 0 Å². The summed E-state index contributed by atoms with van der Waals surface area (Å²) in [5.74, 6) is -0.101. The number of ether oxygens (including phenoxy) is 2. The van der Waals surface area contributed by atoms with Crippen LogP contribution in [0, 0.1) is 0 Å². The third-order valence-corrected chi connectivity index (χ3v) is 4.15. The number of phenolic OH excluding ortho intramolecular Hbond substituents is 1. The SMILES string of the molecule is CCCCCCCCCCCCOC(=O)c1ccc(OC)c(O)c1. The van der Waals surface area contributed by atoms with Gasteiger partial charge in [-0.05, 0) is 24.6 Å². The number of hydrogen-bond donors (Lipinski definition) is 1. The maximum atomic E-state index is 11.9. The summed E-state index contributed by atoms with van der Waals surface area (Å²) in [5, 5.41) is 9.67. The van der Waals surface area contributed by atoms with Crippen molar-refractivity contribution in [1.29, 1.82) is 0 Å². The first-order valence-corrected chi connectivity index (χ1v) is 9.23. The standard InChI is InChI=1S/C20H32O4/c1-3-4-5-6-7-8-9-10-11-12-15-24-20(22)17-13-14-19(23-2)18(21)16-17/h13-14,16,21H,3-12,15H2,1-2H3. The van der Waals surface area contributed by atoms with E-state index in [0.717, 1.165) is 12.8 Å². The molecule has 0 fully saturated rings. The number of hydrogen-bond acceptors (Lipinski definition) is 4. The number of aromatic hydroxyl groups is 1. The predicted molar refractivity (Wildman–Crippen MR) is 96.8 cm³/mol. The van der Waals surface area contributed by atoms with Crippen LogP contribution in [0.5, 0.6) is 11.5 Å². The van der Waals surface area contributed by atoms with Gasteiger partial charge in [0.05, 0.1) is 19.3 Å². The molecule has 0 unspecified atom stereocenters. The largest absolute Gasteiger partial charge is 0.504 e. The van der Waals surface area contributed by atoms with E-state index in [1.54, 1.807) is 12.1 Å². The van der Waals surface area contributed by atoms with Gasteiger partial charge in [0.2, 0.25) is 0 Å². The van der Waals surface area contributed by atoms with Crippen molar-refractivity contribution >= 4 is 5.97 Å². The molecule has 0 saturated carbocycles. The first-order valence-electron chi connectivity index (χ1n) is 9.23. The van der Waals surface area contributed by atoms with Gasteiger partial charge in [-0.1, -0.05) is 64.7 Å². The molecule has 0 radical (unpaired) electrons. The highest BCUT2D eigenvalue weighted by Gasteiger charge is 2.10. The molecule has 0 amide bonds. The zero-order chi connectivity index (χ0) is 17.6. The first kappa shape index (κ1) is 20.3. The van der Waals surface area contributed by atoms with Gasteiger partial charge in [0, 0.05) is 0 Å². The van der Waals surface area contributed by atoms with Gasteiger partial charge in [-0.15, -0.1) is 0 Å². The lowest BCUT2D eigenvalue weighted by Gasteiger charge is -2.07. The molecule has 0 spiro atoms. The molecule has 0 aliphatic carbocycles. The normalized spacial score (nSPS) is 10.6. The highest BCUT2D eigenvalue weighted by Crippen LogP contribution is 2.26. The number of esters is 1. The average Bonchev–Trinajstić information content (AvgIpc) is 2.59. The van der Waals surface area contributed by atoms with Crippen LogP contribution in [-0.4, -0.2) is 24.8 Å². The fourth-order valence-electron chi connectivity index (χ4n) is 2.65. The van der Waals surface area contributed by atoms with Gasteiger partial charge in [-0.25, -0.2) is 4.79 Å². The van der Waals surface area contributed by atoms with Crippen molar-refractivity contribution in [3.05, 3.63) is 23.8 Å². The lowest BCUT2D eigenvalue weighted by atomic mass is 10.1. The van der Waals surface area contributed by atoms with E-state index in [4.69, 9.17) is 9.47 Å². The monoisotopic (exact) mass is 336 g/mol. The quantitative estimate of drug-likeness (QED) is 0.383. The molecule has 0 bridgehead atoms. The number of phenols is 1.